The van der Waals surface area contributed by atoms with E-state index < -0.39 is 17.5 Å². The summed E-state index contributed by atoms with van der Waals surface area (Å²) in [5, 5.41) is 14.0. The number of hydrogen-bond acceptors (Lipinski definition) is 7. The van der Waals surface area contributed by atoms with Gasteiger partial charge in [-0.1, -0.05) is 37.1 Å². The van der Waals surface area contributed by atoms with E-state index in [2.05, 4.69) is 45.4 Å². The van der Waals surface area contributed by atoms with Gasteiger partial charge in [-0.15, -0.1) is 5.10 Å². The Morgan fingerprint density at radius 1 is 1.11 bits per heavy atom. The molecule has 2 aromatic heterocycles. The molecule has 1 saturated heterocycles. The van der Waals surface area contributed by atoms with Crippen molar-refractivity contribution in [3.8, 4) is 6.07 Å². The predicted molar refractivity (Wildman–Crippen MR) is 139 cm³/mol. The first-order chi connectivity index (χ1) is 18.3. The molecule has 38 heavy (non-hydrogen) atoms. The molecule has 1 aromatic carbocycles. The van der Waals surface area contributed by atoms with Gasteiger partial charge in [0, 0.05) is 24.2 Å². The highest BCUT2D eigenvalue weighted by atomic mass is 16.6. The van der Waals surface area contributed by atoms with Gasteiger partial charge in [0.05, 0.1) is 11.5 Å². The highest BCUT2D eigenvalue weighted by Gasteiger charge is 2.51. The van der Waals surface area contributed by atoms with Crippen molar-refractivity contribution in [1.82, 2.24) is 19.6 Å². The Morgan fingerprint density at radius 2 is 1.84 bits per heavy atom. The molecule has 3 heterocycles. The highest BCUT2D eigenvalue weighted by Crippen LogP contribution is 2.48. The van der Waals surface area contributed by atoms with Gasteiger partial charge in [0.2, 0.25) is 0 Å². The van der Waals surface area contributed by atoms with Crippen molar-refractivity contribution < 1.29 is 14.3 Å². The molecule has 0 spiro atoms. The standard InChI is InChI=1S/C30H33N5O3/c1-19-15-20(2)35-28(32-19)33-26(34-35)16-24-25(36)17-30(38-27(24)37,23-5-3-4-6-23)12-11-21-7-9-22(10-8-21)29(18-31)13-14-29/h7-10,15,23-24H,3-6,11-14,16-17H2,1-2H3. The van der Waals surface area contributed by atoms with Crippen LogP contribution in [0.3, 0.4) is 0 Å². The maximum Gasteiger partial charge on any atom is 0.317 e. The highest BCUT2D eigenvalue weighted by molar-refractivity contribution is 6.01. The maximum atomic E-state index is 13.5. The number of hydrogen-bond donors (Lipinski definition) is 0. The lowest BCUT2D eigenvalue weighted by Crippen LogP contribution is -2.52. The van der Waals surface area contributed by atoms with Crippen molar-refractivity contribution in [3.05, 3.63) is 58.7 Å². The first-order valence-corrected chi connectivity index (χ1v) is 13.8. The fourth-order valence-corrected chi connectivity index (χ4v) is 6.49. The van der Waals surface area contributed by atoms with Gasteiger partial charge in [-0.3, -0.25) is 9.59 Å². The fourth-order valence-electron chi connectivity index (χ4n) is 6.49. The van der Waals surface area contributed by atoms with Gasteiger partial charge in [0.15, 0.2) is 11.6 Å². The smallest absolute Gasteiger partial charge is 0.317 e. The Balaban J connectivity index is 1.19. The SMILES string of the molecule is Cc1cc(C)n2nc(CC3C(=O)CC(CCc4ccc(C5(C#N)CC5)cc4)(C4CCCC4)OC3=O)nc2n1. The third-order valence-corrected chi connectivity index (χ3v) is 8.91. The first-order valence-electron chi connectivity index (χ1n) is 13.8. The fraction of sp³-hybridized carbons (Fsp3) is 0.533. The molecular formula is C30H33N5O3. The third-order valence-electron chi connectivity index (χ3n) is 8.91. The van der Waals surface area contributed by atoms with Crippen LogP contribution in [0.1, 0.15) is 79.7 Å². The van der Waals surface area contributed by atoms with Gasteiger partial charge in [-0.25, -0.2) is 9.50 Å². The minimum atomic E-state index is -0.886. The maximum absolute atomic E-state index is 13.5. The Bertz CT molecular complexity index is 1420. The van der Waals surface area contributed by atoms with Crippen LogP contribution in [0.25, 0.3) is 5.78 Å². The van der Waals surface area contributed by atoms with Crippen LogP contribution in [-0.2, 0) is 32.6 Å². The van der Waals surface area contributed by atoms with Crippen LogP contribution in [0.2, 0.25) is 0 Å². The van der Waals surface area contributed by atoms with E-state index in [9.17, 15) is 14.9 Å². The summed E-state index contributed by atoms with van der Waals surface area (Å²) in [6.45, 7) is 3.83. The monoisotopic (exact) mass is 511 g/mol. The number of aromatic nitrogens is 4. The number of ether oxygens (including phenoxy) is 1. The molecule has 8 heteroatoms. The minimum absolute atomic E-state index is 0.0760. The lowest BCUT2D eigenvalue weighted by molar-refractivity contribution is -0.185. The molecule has 0 radical (unpaired) electrons. The Hall–Kier alpha value is -3.60. The Labute approximate surface area is 222 Å². The van der Waals surface area contributed by atoms with E-state index in [-0.39, 0.29) is 30.0 Å². The summed E-state index contributed by atoms with van der Waals surface area (Å²) in [6.07, 6.45) is 7.72. The molecule has 2 aliphatic carbocycles. The average Bonchev–Trinajstić information content (AvgIpc) is 3.28. The molecule has 0 bridgehead atoms. The second kappa shape index (κ2) is 9.30. The summed E-state index contributed by atoms with van der Waals surface area (Å²) >= 11 is 0. The van der Waals surface area contributed by atoms with Gasteiger partial charge in [-0.2, -0.15) is 10.2 Å². The third kappa shape index (κ3) is 4.38. The molecule has 0 N–H and O–H groups in total. The summed E-state index contributed by atoms with van der Waals surface area (Å²) in [5.74, 6) is -0.306. The number of carbonyl (C=O) groups excluding carboxylic acids is 2. The van der Waals surface area contributed by atoms with Crippen molar-refractivity contribution in [2.24, 2.45) is 11.8 Å². The van der Waals surface area contributed by atoms with Crippen molar-refractivity contribution in [2.75, 3.05) is 0 Å². The van der Waals surface area contributed by atoms with Gasteiger partial charge in [0.25, 0.3) is 5.78 Å². The van der Waals surface area contributed by atoms with E-state index in [0.717, 1.165) is 67.5 Å². The van der Waals surface area contributed by atoms with Crippen molar-refractivity contribution >= 4 is 17.5 Å². The number of nitrogens with zero attached hydrogens (tertiary/aromatic N) is 5. The molecule has 2 saturated carbocycles. The second-order valence-electron chi connectivity index (χ2n) is 11.5. The first kappa shape index (κ1) is 24.7. The molecule has 3 fully saturated rings. The van der Waals surface area contributed by atoms with Gasteiger partial charge >= 0.3 is 5.97 Å². The minimum Gasteiger partial charge on any atom is -0.458 e. The lowest BCUT2D eigenvalue weighted by Gasteiger charge is -2.43. The summed E-state index contributed by atoms with van der Waals surface area (Å²) in [6, 6.07) is 12.6. The van der Waals surface area contributed by atoms with E-state index in [1.54, 1.807) is 4.52 Å². The number of aryl methyl sites for hydroxylation is 3. The largest absolute Gasteiger partial charge is 0.458 e. The van der Waals surface area contributed by atoms with Crippen LogP contribution in [0, 0.1) is 37.0 Å². The van der Waals surface area contributed by atoms with Crippen LogP contribution in [0.5, 0.6) is 0 Å². The number of ketones is 1. The van der Waals surface area contributed by atoms with E-state index >= 15 is 0 Å². The number of Topliss-reactive ketones (excluding diaryl/α,β-unsaturated/α-hetero) is 1. The number of nitriles is 1. The van der Waals surface area contributed by atoms with Crippen molar-refractivity contribution in [1.29, 1.82) is 5.26 Å². The Morgan fingerprint density at radius 3 is 2.50 bits per heavy atom. The number of cyclic esters (lactones) is 1. The summed E-state index contributed by atoms with van der Waals surface area (Å²) in [7, 11) is 0. The number of fused-ring (bicyclic) bond motifs is 1. The molecule has 8 nitrogen and oxygen atoms in total. The van der Waals surface area contributed by atoms with E-state index in [0.29, 0.717) is 18.0 Å². The van der Waals surface area contributed by atoms with Gasteiger partial charge < -0.3 is 4.74 Å². The summed E-state index contributed by atoms with van der Waals surface area (Å²) in [5.41, 5.74) is 2.90. The predicted octanol–water partition coefficient (Wildman–Crippen LogP) is 4.53. The van der Waals surface area contributed by atoms with Gasteiger partial charge in [0.1, 0.15) is 11.5 Å². The van der Waals surface area contributed by atoms with Crippen LogP contribution in [0.4, 0.5) is 0 Å². The number of esters is 1. The zero-order valence-electron chi connectivity index (χ0n) is 22.1. The molecule has 3 aromatic rings. The molecule has 3 aliphatic rings. The molecule has 2 atom stereocenters. The zero-order valence-corrected chi connectivity index (χ0v) is 22.1. The lowest BCUT2D eigenvalue weighted by atomic mass is 9.73. The van der Waals surface area contributed by atoms with Crippen molar-refractivity contribution in [3.63, 3.8) is 0 Å². The molecule has 2 unspecified atom stereocenters. The van der Waals surface area contributed by atoms with E-state index in [1.165, 1.54) is 0 Å². The molecule has 0 amide bonds. The van der Waals surface area contributed by atoms with E-state index in [1.807, 2.05) is 19.9 Å². The number of carbonyl (C=O) groups is 2. The van der Waals surface area contributed by atoms with Crippen LogP contribution < -0.4 is 0 Å². The van der Waals surface area contributed by atoms with E-state index in [4.69, 9.17) is 4.74 Å². The Kier molecular flexibility index (Phi) is 6.05. The molecule has 1 aliphatic heterocycles. The summed E-state index contributed by atoms with van der Waals surface area (Å²) in [4.78, 5) is 35.8. The van der Waals surface area contributed by atoms with Crippen molar-refractivity contribution in [2.45, 2.75) is 89.1 Å². The zero-order chi connectivity index (χ0) is 26.5. The van der Waals surface area contributed by atoms with Crippen LogP contribution in [0.15, 0.2) is 30.3 Å². The normalized spacial score (nSPS) is 24.9. The van der Waals surface area contributed by atoms with Gasteiger partial charge in [-0.05, 0) is 75.5 Å². The quantitative estimate of drug-likeness (QED) is 0.338. The summed E-state index contributed by atoms with van der Waals surface area (Å²) < 4.78 is 7.93. The molecule has 6 rings (SSSR count). The second-order valence-corrected chi connectivity index (χ2v) is 11.5. The number of rotatable bonds is 7. The number of benzene rings is 1. The van der Waals surface area contributed by atoms with Crippen LogP contribution in [-0.4, -0.2) is 36.9 Å². The molecular weight excluding hydrogens is 478 g/mol. The van der Waals surface area contributed by atoms with Crippen LogP contribution >= 0.6 is 0 Å². The average molecular weight is 512 g/mol. The topological polar surface area (TPSA) is 110 Å². The molecule has 196 valence electrons.